The number of rotatable bonds is 2. The van der Waals surface area contributed by atoms with Gasteiger partial charge in [-0.3, -0.25) is 4.98 Å². The van der Waals surface area contributed by atoms with Crippen LogP contribution >= 0.6 is 11.8 Å². The maximum atomic E-state index is 4.45. The summed E-state index contributed by atoms with van der Waals surface area (Å²) in [5.41, 5.74) is 4.44. The Hall–Kier alpha value is -2.14. The Morgan fingerprint density at radius 2 is 2.14 bits per heavy atom. The van der Waals surface area contributed by atoms with E-state index in [0.29, 0.717) is 0 Å². The SMILES string of the molecule is Cc1cncc(Nc2ncnc3ccc4c(c23)CCS4)c1. The summed E-state index contributed by atoms with van der Waals surface area (Å²) in [6.45, 7) is 2.03. The van der Waals surface area contributed by atoms with Crippen molar-refractivity contribution < 1.29 is 0 Å². The lowest BCUT2D eigenvalue weighted by atomic mass is 10.1. The maximum Gasteiger partial charge on any atom is 0.142 e. The van der Waals surface area contributed by atoms with E-state index < -0.39 is 0 Å². The molecular weight excluding hydrogens is 280 g/mol. The topological polar surface area (TPSA) is 50.7 Å². The van der Waals surface area contributed by atoms with Crippen molar-refractivity contribution in [3.8, 4) is 0 Å². The van der Waals surface area contributed by atoms with E-state index in [1.165, 1.54) is 10.5 Å². The fraction of sp³-hybridized carbons (Fsp3) is 0.188. The van der Waals surface area contributed by atoms with Crippen molar-refractivity contribution in [2.75, 3.05) is 11.1 Å². The van der Waals surface area contributed by atoms with E-state index >= 15 is 0 Å². The van der Waals surface area contributed by atoms with Crippen LogP contribution in [0.2, 0.25) is 0 Å². The van der Waals surface area contributed by atoms with Gasteiger partial charge in [-0.2, -0.15) is 0 Å². The molecule has 21 heavy (non-hydrogen) atoms. The molecule has 0 spiro atoms. The molecule has 0 atom stereocenters. The van der Waals surface area contributed by atoms with Gasteiger partial charge in [0, 0.05) is 22.2 Å². The molecule has 0 aliphatic carbocycles. The number of aryl methyl sites for hydroxylation is 2. The fourth-order valence-corrected chi connectivity index (χ4v) is 3.77. The van der Waals surface area contributed by atoms with Crippen molar-refractivity contribution in [1.29, 1.82) is 0 Å². The second-order valence-electron chi connectivity index (χ2n) is 5.13. The van der Waals surface area contributed by atoms with Crippen LogP contribution in [0.5, 0.6) is 0 Å². The van der Waals surface area contributed by atoms with Gasteiger partial charge in [-0.15, -0.1) is 11.8 Å². The molecule has 104 valence electrons. The van der Waals surface area contributed by atoms with E-state index in [2.05, 4.69) is 38.5 Å². The van der Waals surface area contributed by atoms with Crippen LogP contribution in [0.15, 0.2) is 41.8 Å². The van der Waals surface area contributed by atoms with Crippen molar-refractivity contribution in [2.45, 2.75) is 18.2 Å². The number of nitrogens with zero attached hydrogens (tertiary/aromatic N) is 3. The third kappa shape index (κ3) is 2.23. The maximum absolute atomic E-state index is 4.45. The first kappa shape index (κ1) is 12.6. The zero-order chi connectivity index (χ0) is 14.2. The molecule has 0 saturated carbocycles. The van der Waals surface area contributed by atoms with Gasteiger partial charge in [-0.1, -0.05) is 0 Å². The predicted molar refractivity (Wildman–Crippen MR) is 86.2 cm³/mol. The van der Waals surface area contributed by atoms with Gasteiger partial charge in [-0.05, 0) is 42.7 Å². The van der Waals surface area contributed by atoms with Gasteiger partial charge in [0.25, 0.3) is 0 Å². The summed E-state index contributed by atoms with van der Waals surface area (Å²) in [7, 11) is 0. The van der Waals surface area contributed by atoms with E-state index in [4.69, 9.17) is 0 Å². The van der Waals surface area contributed by atoms with Crippen molar-refractivity contribution in [2.24, 2.45) is 0 Å². The lowest BCUT2D eigenvalue weighted by molar-refractivity contribution is 1.14. The number of benzene rings is 1. The smallest absolute Gasteiger partial charge is 0.142 e. The highest BCUT2D eigenvalue weighted by atomic mass is 32.2. The van der Waals surface area contributed by atoms with Gasteiger partial charge in [0.2, 0.25) is 0 Å². The van der Waals surface area contributed by atoms with Gasteiger partial charge < -0.3 is 5.32 Å². The van der Waals surface area contributed by atoms with Crippen LogP contribution in [-0.4, -0.2) is 20.7 Å². The molecule has 2 aromatic heterocycles. The van der Waals surface area contributed by atoms with Gasteiger partial charge >= 0.3 is 0 Å². The number of hydrogen-bond acceptors (Lipinski definition) is 5. The summed E-state index contributed by atoms with van der Waals surface area (Å²) in [5.74, 6) is 2.00. The van der Waals surface area contributed by atoms with Crippen LogP contribution in [0.1, 0.15) is 11.1 Å². The van der Waals surface area contributed by atoms with Gasteiger partial charge in [0.1, 0.15) is 12.1 Å². The highest BCUT2D eigenvalue weighted by Crippen LogP contribution is 2.38. The van der Waals surface area contributed by atoms with Gasteiger partial charge in [-0.25, -0.2) is 9.97 Å². The molecule has 0 unspecified atom stereocenters. The second kappa shape index (κ2) is 5.00. The summed E-state index contributed by atoms with van der Waals surface area (Å²) >= 11 is 1.90. The molecule has 0 radical (unpaired) electrons. The normalized spacial score (nSPS) is 13.4. The lowest BCUT2D eigenvalue weighted by Gasteiger charge is -2.11. The number of pyridine rings is 1. The molecule has 4 nitrogen and oxygen atoms in total. The number of anilines is 2. The third-order valence-electron chi connectivity index (χ3n) is 3.62. The summed E-state index contributed by atoms with van der Waals surface area (Å²) in [5, 5.41) is 4.53. The van der Waals surface area contributed by atoms with Crippen molar-refractivity contribution in [3.05, 3.63) is 48.0 Å². The molecule has 3 heterocycles. The van der Waals surface area contributed by atoms with Gasteiger partial charge in [0.05, 0.1) is 17.4 Å². The Labute approximate surface area is 127 Å². The van der Waals surface area contributed by atoms with Crippen LogP contribution in [0.3, 0.4) is 0 Å². The second-order valence-corrected chi connectivity index (χ2v) is 6.27. The lowest BCUT2D eigenvalue weighted by Crippen LogP contribution is -1.99. The Balaban J connectivity index is 1.87. The van der Waals surface area contributed by atoms with Crippen LogP contribution in [0.4, 0.5) is 11.5 Å². The average molecular weight is 294 g/mol. The van der Waals surface area contributed by atoms with Crippen LogP contribution in [0.25, 0.3) is 10.9 Å². The highest BCUT2D eigenvalue weighted by Gasteiger charge is 2.18. The Kier molecular flexibility index (Phi) is 3.00. The van der Waals surface area contributed by atoms with Crippen LogP contribution < -0.4 is 5.32 Å². The molecule has 0 saturated heterocycles. The van der Waals surface area contributed by atoms with E-state index in [0.717, 1.165) is 40.1 Å². The first-order valence-corrected chi connectivity index (χ1v) is 7.88. The molecule has 0 amide bonds. The zero-order valence-electron chi connectivity index (χ0n) is 11.6. The molecular formula is C16H14N4S. The first-order valence-electron chi connectivity index (χ1n) is 6.89. The minimum Gasteiger partial charge on any atom is -0.338 e. The minimum atomic E-state index is 0.867. The molecule has 4 rings (SSSR count). The molecule has 1 aromatic carbocycles. The fourth-order valence-electron chi connectivity index (χ4n) is 2.70. The molecule has 0 bridgehead atoms. The zero-order valence-corrected chi connectivity index (χ0v) is 12.4. The van der Waals surface area contributed by atoms with E-state index in [1.807, 2.05) is 31.1 Å². The molecule has 1 aliphatic rings. The number of aromatic nitrogens is 3. The Morgan fingerprint density at radius 3 is 3.05 bits per heavy atom. The van der Waals surface area contributed by atoms with E-state index in [1.54, 1.807) is 6.33 Å². The third-order valence-corrected chi connectivity index (χ3v) is 4.72. The number of nitrogens with one attached hydrogen (secondary N) is 1. The number of thioether (sulfide) groups is 1. The molecule has 0 fully saturated rings. The highest BCUT2D eigenvalue weighted by molar-refractivity contribution is 7.99. The standard InChI is InChI=1S/C16H14N4S/c1-10-6-11(8-17-7-10)20-16-15-12-4-5-21-14(12)3-2-13(15)18-9-19-16/h2-3,6-9H,4-5H2,1H3,(H,18,19,20). The minimum absolute atomic E-state index is 0.867. The van der Waals surface area contributed by atoms with Crippen LogP contribution in [0, 0.1) is 6.92 Å². The van der Waals surface area contributed by atoms with Crippen molar-refractivity contribution in [1.82, 2.24) is 15.0 Å². The Morgan fingerprint density at radius 1 is 1.19 bits per heavy atom. The van der Waals surface area contributed by atoms with Gasteiger partial charge in [0.15, 0.2) is 0 Å². The predicted octanol–water partition coefficient (Wildman–Crippen LogP) is 3.73. The summed E-state index contributed by atoms with van der Waals surface area (Å²) < 4.78 is 0. The summed E-state index contributed by atoms with van der Waals surface area (Å²) in [4.78, 5) is 14.4. The Bertz CT molecular complexity index is 832. The molecule has 5 heteroatoms. The quantitative estimate of drug-likeness (QED) is 0.780. The van der Waals surface area contributed by atoms with E-state index in [9.17, 15) is 0 Å². The molecule has 1 aliphatic heterocycles. The number of hydrogen-bond donors (Lipinski definition) is 1. The first-order chi connectivity index (χ1) is 10.3. The summed E-state index contributed by atoms with van der Waals surface area (Å²) in [6, 6.07) is 6.31. The molecule has 1 N–H and O–H groups in total. The molecule has 3 aromatic rings. The van der Waals surface area contributed by atoms with Crippen molar-refractivity contribution >= 4 is 34.2 Å². The average Bonchev–Trinajstić information content (AvgIpc) is 2.96. The number of fused-ring (bicyclic) bond motifs is 3. The summed E-state index contributed by atoms with van der Waals surface area (Å²) in [6.07, 6.45) is 6.35. The van der Waals surface area contributed by atoms with Crippen LogP contribution in [-0.2, 0) is 6.42 Å². The van der Waals surface area contributed by atoms with Crippen molar-refractivity contribution in [3.63, 3.8) is 0 Å². The van der Waals surface area contributed by atoms with E-state index in [-0.39, 0.29) is 0 Å². The largest absolute Gasteiger partial charge is 0.338 e. The monoisotopic (exact) mass is 294 g/mol.